The normalized spacial score (nSPS) is 12.4. The van der Waals surface area contributed by atoms with E-state index >= 15 is 0 Å². The molecular weight excluding hydrogens is 259 g/mol. The minimum absolute atomic E-state index is 0.191. The molecule has 1 heterocycles. The molecule has 0 radical (unpaired) electrons. The summed E-state index contributed by atoms with van der Waals surface area (Å²) in [5.41, 5.74) is 0.191. The smallest absolute Gasteiger partial charge is 0.241 e. The van der Waals surface area contributed by atoms with Crippen LogP contribution >= 0.6 is 0 Å². The number of carbonyl (C=O) groups excluding carboxylic acids is 1. The van der Waals surface area contributed by atoms with Gasteiger partial charge < -0.3 is 9.73 Å². The van der Waals surface area contributed by atoms with Gasteiger partial charge in [0.15, 0.2) is 0 Å². The molecule has 0 aliphatic heterocycles. The molecule has 0 saturated heterocycles. The number of carbonyl (C=O) groups is 1. The van der Waals surface area contributed by atoms with Gasteiger partial charge in [0.1, 0.15) is 11.6 Å². The van der Waals surface area contributed by atoms with E-state index in [1.165, 1.54) is 12.1 Å². The Morgan fingerprint density at radius 2 is 2.10 bits per heavy atom. The number of hydrogen-bond donors (Lipinski definition) is 1. The number of furan rings is 1. The molecule has 0 saturated carbocycles. The number of hydrogen-bond acceptors (Lipinski definition) is 3. The van der Waals surface area contributed by atoms with Crippen LogP contribution in [0.5, 0.6) is 0 Å². The number of nitrogens with zero attached hydrogens (tertiary/aromatic N) is 1. The van der Waals surface area contributed by atoms with Crippen molar-refractivity contribution in [1.29, 1.82) is 0 Å². The Hall–Kier alpha value is -2.14. The van der Waals surface area contributed by atoms with Gasteiger partial charge in [-0.2, -0.15) is 0 Å². The zero-order chi connectivity index (χ0) is 14.5. The van der Waals surface area contributed by atoms with Crippen molar-refractivity contribution < 1.29 is 13.6 Å². The third-order valence-electron chi connectivity index (χ3n) is 3.16. The monoisotopic (exact) mass is 276 g/mol. The van der Waals surface area contributed by atoms with Crippen LogP contribution in [0.15, 0.2) is 47.1 Å². The Bertz CT molecular complexity index is 569. The number of para-hydroxylation sites is 1. The maximum atomic E-state index is 13.5. The second kappa shape index (κ2) is 6.34. The Balaban J connectivity index is 1.96. The molecule has 0 bridgehead atoms. The summed E-state index contributed by atoms with van der Waals surface area (Å²) in [4.78, 5) is 13.9. The van der Waals surface area contributed by atoms with E-state index in [0.717, 1.165) is 5.76 Å². The molecular formula is C15H17FN2O2. The molecule has 1 aromatic heterocycles. The quantitative estimate of drug-likeness (QED) is 0.913. The number of anilines is 1. The van der Waals surface area contributed by atoms with Crippen LogP contribution in [-0.4, -0.2) is 23.9 Å². The molecule has 0 fully saturated rings. The second-order valence-corrected chi connectivity index (χ2v) is 4.64. The molecule has 1 N–H and O–H groups in total. The van der Waals surface area contributed by atoms with Crippen LogP contribution in [0.2, 0.25) is 0 Å². The number of halogens is 1. The summed E-state index contributed by atoms with van der Waals surface area (Å²) in [6.45, 7) is 2.28. The molecule has 0 aliphatic rings. The average molecular weight is 276 g/mol. The fraction of sp³-hybridized carbons (Fsp3) is 0.267. The van der Waals surface area contributed by atoms with Crippen molar-refractivity contribution in [3.63, 3.8) is 0 Å². The van der Waals surface area contributed by atoms with E-state index in [1.54, 1.807) is 31.4 Å². The van der Waals surface area contributed by atoms with Crippen molar-refractivity contribution in [2.75, 3.05) is 12.4 Å². The van der Waals surface area contributed by atoms with Gasteiger partial charge in [0.05, 0.1) is 24.5 Å². The van der Waals surface area contributed by atoms with E-state index in [9.17, 15) is 9.18 Å². The summed E-state index contributed by atoms with van der Waals surface area (Å²) >= 11 is 0. The van der Waals surface area contributed by atoms with Crippen LogP contribution in [0.1, 0.15) is 12.7 Å². The highest BCUT2D eigenvalue weighted by Crippen LogP contribution is 2.14. The van der Waals surface area contributed by atoms with Gasteiger partial charge in [-0.25, -0.2) is 4.39 Å². The molecule has 20 heavy (non-hydrogen) atoms. The molecule has 2 rings (SSSR count). The molecule has 4 nitrogen and oxygen atoms in total. The highest BCUT2D eigenvalue weighted by molar-refractivity contribution is 5.94. The van der Waals surface area contributed by atoms with Crippen molar-refractivity contribution in [2.45, 2.75) is 19.5 Å². The van der Waals surface area contributed by atoms with Gasteiger partial charge in [0, 0.05) is 0 Å². The SMILES string of the molecule is C[C@@H](C(=O)Nc1ccccc1F)N(C)Cc1ccco1. The number of likely N-dealkylation sites (N-methyl/N-ethyl adjacent to an activating group) is 1. The largest absolute Gasteiger partial charge is 0.468 e. The maximum absolute atomic E-state index is 13.5. The van der Waals surface area contributed by atoms with Crippen LogP contribution in [0.25, 0.3) is 0 Å². The molecule has 1 amide bonds. The summed E-state index contributed by atoms with van der Waals surface area (Å²) < 4.78 is 18.7. The van der Waals surface area contributed by atoms with Crippen molar-refractivity contribution in [3.05, 3.63) is 54.2 Å². The lowest BCUT2D eigenvalue weighted by Gasteiger charge is -2.22. The van der Waals surface area contributed by atoms with Crippen molar-refractivity contribution >= 4 is 11.6 Å². The fourth-order valence-corrected chi connectivity index (χ4v) is 1.79. The van der Waals surface area contributed by atoms with E-state index in [0.29, 0.717) is 6.54 Å². The molecule has 5 heteroatoms. The maximum Gasteiger partial charge on any atom is 0.241 e. The highest BCUT2D eigenvalue weighted by atomic mass is 19.1. The molecule has 2 aromatic rings. The first-order valence-electron chi connectivity index (χ1n) is 6.36. The predicted octanol–water partition coefficient (Wildman–Crippen LogP) is 2.88. The van der Waals surface area contributed by atoms with E-state index < -0.39 is 11.9 Å². The van der Waals surface area contributed by atoms with Gasteiger partial charge in [0.25, 0.3) is 0 Å². The Morgan fingerprint density at radius 3 is 2.75 bits per heavy atom. The van der Waals surface area contributed by atoms with E-state index in [-0.39, 0.29) is 11.6 Å². The minimum Gasteiger partial charge on any atom is -0.468 e. The summed E-state index contributed by atoms with van der Waals surface area (Å²) in [6, 6.07) is 9.34. The van der Waals surface area contributed by atoms with Gasteiger partial charge in [-0.1, -0.05) is 12.1 Å². The second-order valence-electron chi connectivity index (χ2n) is 4.64. The van der Waals surface area contributed by atoms with Crippen molar-refractivity contribution in [2.24, 2.45) is 0 Å². The van der Waals surface area contributed by atoms with Crippen LogP contribution < -0.4 is 5.32 Å². The first-order valence-corrected chi connectivity index (χ1v) is 6.36. The Labute approximate surface area is 117 Å². The zero-order valence-corrected chi connectivity index (χ0v) is 11.5. The average Bonchev–Trinajstić information content (AvgIpc) is 2.93. The molecule has 1 aromatic carbocycles. The lowest BCUT2D eigenvalue weighted by atomic mass is 10.2. The van der Waals surface area contributed by atoms with Gasteiger partial charge >= 0.3 is 0 Å². The van der Waals surface area contributed by atoms with Crippen molar-refractivity contribution in [1.82, 2.24) is 4.90 Å². The lowest BCUT2D eigenvalue weighted by Crippen LogP contribution is -2.39. The van der Waals surface area contributed by atoms with Gasteiger partial charge in [-0.3, -0.25) is 9.69 Å². The highest BCUT2D eigenvalue weighted by Gasteiger charge is 2.19. The molecule has 0 aliphatic carbocycles. The molecule has 1 atom stereocenters. The topological polar surface area (TPSA) is 45.5 Å². The van der Waals surface area contributed by atoms with Gasteiger partial charge in [-0.05, 0) is 38.2 Å². The van der Waals surface area contributed by atoms with E-state index in [1.807, 2.05) is 18.0 Å². The number of nitrogens with one attached hydrogen (secondary N) is 1. The standard InChI is InChI=1S/C15H17FN2O2/c1-11(18(2)10-12-6-5-9-20-12)15(19)17-14-8-4-3-7-13(14)16/h3-9,11H,10H2,1-2H3,(H,17,19)/t11-/m0/s1. The van der Waals surface area contributed by atoms with Crippen LogP contribution in [-0.2, 0) is 11.3 Å². The Morgan fingerprint density at radius 1 is 1.35 bits per heavy atom. The Kier molecular flexibility index (Phi) is 4.53. The predicted molar refractivity (Wildman–Crippen MR) is 74.7 cm³/mol. The summed E-state index contributed by atoms with van der Waals surface area (Å²) in [5, 5.41) is 2.58. The van der Waals surface area contributed by atoms with Gasteiger partial charge in [-0.15, -0.1) is 0 Å². The third kappa shape index (κ3) is 3.45. The molecule has 0 spiro atoms. The van der Waals surface area contributed by atoms with Crippen LogP contribution in [0.3, 0.4) is 0 Å². The molecule has 0 unspecified atom stereocenters. The number of rotatable bonds is 5. The first kappa shape index (κ1) is 14.3. The van der Waals surface area contributed by atoms with Crippen LogP contribution in [0.4, 0.5) is 10.1 Å². The summed E-state index contributed by atoms with van der Waals surface area (Å²) in [7, 11) is 1.81. The fourth-order valence-electron chi connectivity index (χ4n) is 1.79. The van der Waals surface area contributed by atoms with E-state index in [4.69, 9.17) is 4.42 Å². The first-order chi connectivity index (χ1) is 9.58. The lowest BCUT2D eigenvalue weighted by molar-refractivity contribution is -0.120. The van der Waals surface area contributed by atoms with Crippen molar-refractivity contribution in [3.8, 4) is 0 Å². The number of benzene rings is 1. The minimum atomic E-state index is -0.443. The van der Waals surface area contributed by atoms with Gasteiger partial charge in [0.2, 0.25) is 5.91 Å². The summed E-state index contributed by atoms with van der Waals surface area (Å²) in [6.07, 6.45) is 1.59. The zero-order valence-electron chi connectivity index (χ0n) is 11.5. The third-order valence-corrected chi connectivity index (χ3v) is 3.16. The van der Waals surface area contributed by atoms with Crippen LogP contribution in [0, 0.1) is 5.82 Å². The number of amides is 1. The van der Waals surface area contributed by atoms with E-state index in [2.05, 4.69) is 5.32 Å². The summed E-state index contributed by atoms with van der Waals surface area (Å²) in [5.74, 6) is 0.0731. The molecule has 106 valence electrons.